The number of hydrogen-bond acceptors (Lipinski definition) is 2. The minimum absolute atomic E-state index is 0.215. The number of hydrogen-bond donors (Lipinski definition) is 0. The van der Waals surface area contributed by atoms with E-state index in [-0.39, 0.29) is 6.10 Å². The van der Waals surface area contributed by atoms with E-state index in [1.807, 2.05) is 20.8 Å². The van der Waals surface area contributed by atoms with E-state index in [2.05, 4.69) is 0 Å². The zero-order valence-electron chi connectivity index (χ0n) is 6.68. The monoisotopic (exact) mass is 132 g/mol. The summed E-state index contributed by atoms with van der Waals surface area (Å²) in [5.74, 6) is 0. The Morgan fingerprint density at radius 3 is 2.11 bits per heavy atom. The first-order valence-corrected chi connectivity index (χ1v) is 3.31. The van der Waals surface area contributed by atoms with Gasteiger partial charge in [0.05, 0.1) is 18.8 Å². The smallest absolute Gasteiger partial charge is 0.0776 e. The molecule has 0 saturated heterocycles. The molecule has 0 spiro atoms. The van der Waals surface area contributed by atoms with Crippen LogP contribution in [-0.4, -0.2) is 25.9 Å². The van der Waals surface area contributed by atoms with E-state index in [1.54, 1.807) is 7.11 Å². The molecule has 0 heterocycles. The first-order chi connectivity index (χ1) is 4.16. The molecule has 9 heavy (non-hydrogen) atoms. The summed E-state index contributed by atoms with van der Waals surface area (Å²) >= 11 is 0. The van der Waals surface area contributed by atoms with E-state index < -0.39 is 0 Å². The molecule has 0 fully saturated rings. The minimum Gasteiger partial charge on any atom is -0.379 e. The van der Waals surface area contributed by atoms with Crippen LogP contribution in [0, 0.1) is 0 Å². The van der Waals surface area contributed by atoms with Gasteiger partial charge in [0.1, 0.15) is 0 Å². The molecule has 0 aromatic carbocycles. The molecule has 0 amide bonds. The average Bonchev–Trinajstić information content (AvgIpc) is 1.83. The van der Waals surface area contributed by atoms with Crippen LogP contribution in [-0.2, 0) is 9.47 Å². The van der Waals surface area contributed by atoms with Crippen LogP contribution < -0.4 is 0 Å². The highest BCUT2D eigenvalue weighted by Crippen LogP contribution is 1.92. The van der Waals surface area contributed by atoms with E-state index in [9.17, 15) is 0 Å². The van der Waals surface area contributed by atoms with Crippen molar-refractivity contribution >= 4 is 0 Å². The first kappa shape index (κ1) is 8.92. The largest absolute Gasteiger partial charge is 0.379 e. The summed E-state index contributed by atoms with van der Waals surface area (Å²) in [6.45, 7) is 6.71. The van der Waals surface area contributed by atoms with Gasteiger partial charge in [0.2, 0.25) is 0 Å². The van der Waals surface area contributed by atoms with Gasteiger partial charge in [-0.1, -0.05) is 0 Å². The predicted octanol–water partition coefficient (Wildman–Crippen LogP) is 1.45. The molecule has 2 heteroatoms. The van der Waals surface area contributed by atoms with Gasteiger partial charge in [-0.2, -0.15) is 0 Å². The fourth-order valence-corrected chi connectivity index (χ4v) is 0.396. The van der Waals surface area contributed by atoms with E-state index in [0.29, 0.717) is 12.7 Å². The van der Waals surface area contributed by atoms with Crippen molar-refractivity contribution in [3.8, 4) is 0 Å². The summed E-state index contributed by atoms with van der Waals surface area (Å²) in [4.78, 5) is 0. The summed E-state index contributed by atoms with van der Waals surface area (Å²) in [5, 5.41) is 0. The second-order valence-electron chi connectivity index (χ2n) is 2.43. The van der Waals surface area contributed by atoms with E-state index >= 15 is 0 Å². The Hall–Kier alpha value is -0.0800. The van der Waals surface area contributed by atoms with Gasteiger partial charge in [0.25, 0.3) is 0 Å². The van der Waals surface area contributed by atoms with Crippen LogP contribution in [0.1, 0.15) is 20.8 Å². The highest BCUT2D eigenvalue weighted by atomic mass is 16.5. The number of methoxy groups -OCH3 is 1. The standard InChI is InChI=1S/C7H16O2/c1-6(2)9-5-7(3)8-4/h6-7H,5H2,1-4H3/t7-/m1/s1. The molecule has 0 unspecified atom stereocenters. The fraction of sp³-hybridized carbons (Fsp3) is 1.00. The Labute approximate surface area is 57.2 Å². The van der Waals surface area contributed by atoms with Gasteiger partial charge in [-0.25, -0.2) is 0 Å². The Balaban J connectivity index is 3.06. The van der Waals surface area contributed by atoms with Gasteiger partial charge in [-0.15, -0.1) is 0 Å². The molecule has 0 aromatic heterocycles. The van der Waals surface area contributed by atoms with Gasteiger partial charge in [-0.05, 0) is 20.8 Å². The second-order valence-corrected chi connectivity index (χ2v) is 2.43. The van der Waals surface area contributed by atoms with Gasteiger partial charge < -0.3 is 9.47 Å². The SMILES string of the molecule is CO[C@H](C)COC(C)C. The maximum Gasteiger partial charge on any atom is 0.0776 e. The van der Waals surface area contributed by atoms with Crippen molar-refractivity contribution in [2.75, 3.05) is 13.7 Å². The maximum absolute atomic E-state index is 5.27. The van der Waals surface area contributed by atoms with Crippen LogP contribution in [0.4, 0.5) is 0 Å². The van der Waals surface area contributed by atoms with Crippen molar-refractivity contribution in [3.05, 3.63) is 0 Å². The molecule has 0 rings (SSSR count). The summed E-state index contributed by atoms with van der Waals surface area (Å²) in [5.41, 5.74) is 0. The molecular formula is C7H16O2. The quantitative estimate of drug-likeness (QED) is 0.576. The average molecular weight is 132 g/mol. The van der Waals surface area contributed by atoms with Crippen molar-refractivity contribution in [1.82, 2.24) is 0 Å². The Morgan fingerprint density at radius 2 is 1.78 bits per heavy atom. The molecule has 1 atom stereocenters. The lowest BCUT2D eigenvalue weighted by atomic mass is 10.4. The zero-order valence-corrected chi connectivity index (χ0v) is 6.68. The van der Waals surface area contributed by atoms with Gasteiger partial charge in [0, 0.05) is 7.11 Å². The van der Waals surface area contributed by atoms with Crippen LogP contribution in [0.3, 0.4) is 0 Å². The molecule has 0 aliphatic rings. The van der Waals surface area contributed by atoms with Crippen molar-refractivity contribution in [1.29, 1.82) is 0 Å². The Morgan fingerprint density at radius 1 is 1.22 bits per heavy atom. The van der Waals surface area contributed by atoms with Crippen molar-refractivity contribution < 1.29 is 9.47 Å². The molecule has 0 aliphatic heterocycles. The van der Waals surface area contributed by atoms with Crippen LogP contribution in [0.15, 0.2) is 0 Å². The topological polar surface area (TPSA) is 18.5 Å². The maximum atomic E-state index is 5.27. The minimum atomic E-state index is 0.215. The third kappa shape index (κ3) is 5.80. The fourth-order valence-electron chi connectivity index (χ4n) is 0.396. The van der Waals surface area contributed by atoms with Crippen molar-refractivity contribution in [2.45, 2.75) is 33.0 Å². The molecule has 0 bridgehead atoms. The number of rotatable bonds is 4. The molecule has 0 N–H and O–H groups in total. The van der Waals surface area contributed by atoms with E-state index in [1.165, 1.54) is 0 Å². The summed E-state index contributed by atoms with van der Waals surface area (Å²) in [7, 11) is 1.69. The molecular weight excluding hydrogens is 116 g/mol. The Kier molecular flexibility index (Phi) is 4.72. The normalized spacial score (nSPS) is 14.3. The highest BCUT2D eigenvalue weighted by molar-refractivity contribution is 4.46. The first-order valence-electron chi connectivity index (χ1n) is 3.31. The molecule has 2 nitrogen and oxygen atoms in total. The van der Waals surface area contributed by atoms with Crippen molar-refractivity contribution in [2.24, 2.45) is 0 Å². The molecule has 0 aliphatic carbocycles. The van der Waals surface area contributed by atoms with Crippen molar-refractivity contribution in [3.63, 3.8) is 0 Å². The lowest BCUT2D eigenvalue weighted by Gasteiger charge is -2.11. The van der Waals surface area contributed by atoms with Crippen LogP contribution >= 0.6 is 0 Å². The van der Waals surface area contributed by atoms with E-state index in [4.69, 9.17) is 9.47 Å². The highest BCUT2D eigenvalue weighted by Gasteiger charge is 1.99. The zero-order chi connectivity index (χ0) is 7.28. The third-order valence-electron chi connectivity index (χ3n) is 1.07. The van der Waals surface area contributed by atoms with Crippen LogP contribution in [0.25, 0.3) is 0 Å². The Bertz CT molecular complexity index is 61.9. The molecule has 0 radical (unpaired) electrons. The van der Waals surface area contributed by atoms with Gasteiger partial charge in [0.15, 0.2) is 0 Å². The second kappa shape index (κ2) is 4.77. The predicted molar refractivity (Wildman–Crippen MR) is 37.6 cm³/mol. The number of ether oxygens (including phenoxy) is 2. The molecule has 56 valence electrons. The summed E-state index contributed by atoms with van der Waals surface area (Å²) in [6.07, 6.45) is 0.523. The third-order valence-corrected chi connectivity index (χ3v) is 1.07. The molecule has 0 saturated carbocycles. The molecule has 0 aromatic rings. The van der Waals surface area contributed by atoms with Crippen LogP contribution in [0.5, 0.6) is 0 Å². The van der Waals surface area contributed by atoms with Gasteiger partial charge in [-0.3, -0.25) is 0 Å². The lowest BCUT2D eigenvalue weighted by molar-refractivity contribution is -0.00686. The van der Waals surface area contributed by atoms with Gasteiger partial charge >= 0.3 is 0 Å². The lowest BCUT2D eigenvalue weighted by Crippen LogP contribution is -2.16. The summed E-state index contributed by atoms with van der Waals surface area (Å²) < 4.78 is 10.2. The summed E-state index contributed by atoms with van der Waals surface area (Å²) in [6, 6.07) is 0. The van der Waals surface area contributed by atoms with E-state index in [0.717, 1.165) is 0 Å². The van der Waals surface area contributed by atoms with Crippen LogP contribution in [0.2, 0.25) is 0 Å².